The van der Waals surface area contributed by atoms with Crippen LogP contribution < -0.4 is 11.1 Å². The largest absolute Gasteiger partial charge is 0.378 e. The van der Waals surface area contributed by atoms with Gasteiger partial charge in [-0.3, -0.25) is 9.59 Å². The van der Waals surface area contributed by atoms with Gasteiger partial charge in [0.25, 0.3) is 0 Å². The quantitative estimate of drug-likeness (QED) is 0.860. The number of hydrogen-bond acceptors (Lipinski definition) is 4. The van der Waals surface area contributed by atoms with E-state index in [1.54, 1.807) is 26.0 Å². The molecular formula is C16H23N3O3. The van der Waals surface area contributed by atoms with Crippen molar-refractivity contribution in [1.29, 1.82) is 0 Å². The van der Waals surface area contributed by atoms with Gasteiger partial charge < -0.3 is 20.7 Å². The van der Waals surface area contributed by atoms with Crippen LogP contribution in [0.1, 0.15) is 19.4 Å². The van der Waals surface area contributed by atoms with Crippen LogP contribution in [0.3, 0.4) is 0 Å². The molecule has 0 aromatic heterocycles. The van der Waals surface area contributed by atoms with Crippen LogP contribution in [-0.2, 0) is 20.7 Å². The van der Waals surface area contributed by atoms with Gasteiger partial charge in [-0.05, 0) is 31.5 Å². The van der Waals surface area contributed by atoms with Crippen LogP contribution in [0.15, 0.2) is 24.3 Å². The lowest BCUT2D eigenvalue weighted by molar-refractivity contribution is -0.134. The van der Waals surface area contributed by atoms with Crippen molar-refractivity contribution in [2.75, 3.05) is 31.6 Å². The Morgan fingerprint density at radius 1 is 1.23 bits per heavy atom. The van der Waals surface area contributed by atoms with Crippen LogP contribution >= 0.6 is 0 Å². The van der Waals surface area contributed by atoms with Crippen molar-refractivity contribution in [3.8, 4) is 0 Å². The fourth-order valence-electron chi connectivity index (χ4n) is 2.10. The molecule has 6 heteroatoms. The normalized spacial score (nSPS) is 15.5. The molecule has 3 N–H and O–H groups in total. The molecule has 0 aliphatic carbocycles. The molecule has 0 saturated carbocycles. The van der Waals surface area contributed by atoms with Crippen LogP contribution in [0, 0.1) is 0 Å². The van der Waals surface area contributed by atoms with Gasteiger partial charge in [-0.25, -0.2) is 0 Å². The van der Waals surface area contributed by atoms with Crippen molar-refractivity contribution in [3.63, 3.8) is 0 Å². The summed E-state index contributed by atoms with van der Waals surface area (Å²) in [4.78, 5) is 25.8. The van der Waals surface area contributed by atoms with E-state index in [0.717, 1.165) is 5.56 Å². The lowest BCUT2D eigenvalue weighted by atomic mass is 10.1. The number of carbonyl (C=O) groups excluding carboxylic acids is 2. The zero-order valence-corrected chi connectivity index (χ0v) is 13.1. The van der Waals surface area contributed by atoms with Crippen molar-refractivity contribution in [2.24, 2.45) is 5.73 Å². The summed E-state index contributed by atoms with van der Waals surface area (Å²) in [5.41, 5.74) is 6.40. The standard InChI is InChI=1S/C16H23N3O3/c1-16(2,17)15(21)18-13-5-3-12(4-6-13)11-14(20)19-7-9-22-10-8-19/h3-6H,7-11,17H2,1-2H3,(H,18,21). The molecule has 0 spiro atoms. The predicted molar refractivity (Wildman–Crippen MR) is 84.4 cm³/mol. The minimum atomic E-state index is -0.926. The van der Waals surface area contributed by atoms with E-state index in [9.17, 15) is 9.59 Å². The molecule has 6 nitrogen and oxygen atoms in total. The number of amides is 2. The first-order chi connectivity index (χ1) is 10.4. The Bertz CT molecular complexity index is 529. The van der Waals surface area contributed by atoms with Crippen molar-refractivity contribution in [1.82, 2.24) is 4.90 Å². The summed E-state index contributed by atoms with van der Waals surface area (Å²) in [5.74, 6) is -0.146. The Morgan fingerprint density at radius 2 is 1.82 bits per heavy atom. The van der Waals surface area contributed by atoms with E-state index in [2.05, 4.69) is 5.32 Å². The molecule has 1 saturated heterocycles. The molecule has 1 heterocycles. The number of anilines is 1. The number of ether oxygens (including phenoxy) is 1. The SMILES string of the molecule is CC(C)(N)C(=O)Nc1ccc(CC(=O)N2CCOCC2)cc1. The average molecular weight is 305 g/mol. The fourth-order valence-corrected chi connectivity index (χ4v) is 2.10. The number of benzene rings is 1. The van der Waals surface area contributed by atoms with Gasteiger partial charge in [-0.1, -0.05) is 12.1 Å². The van der Waals surface area contributed by atoms with Gasteiger partial charge in [0.15, 0.2) is 0 Å². The van der Waals surface area contributed by atoms with Gasteiger partial charge >= 0.3 is 0 Å². The summed E-state index contributed by atoms with van der Waals surface area (Å²) >= 11 is 0. The highest BCUT2D eigenvalue weighted by atomic mass is 16.5. The molecule has 0 radical (unpaired) electrons. The number of nitrogens with one attached hydrogen (secondary N) is 1. The smallest absolute Gasteiger partial charge is 0.243 e. The average Bonchev–Trinajstić information content (AvgIpc) is 2.49. The van der Waals surface area contributed by atoms with E-state index in [1.807, 2.05) is 17.0 Å². The molecular weight excluding hydrogens is 282 g/mol. The number of carbonyl (C=O) groups is 2. The minimum Gasteiger partial charge on any atom is -0.378 e. The molecule has 2 amide bonds. The highest BCUT2D eigenvalue weighted by Crippen LogP contribution is 2.13. The van der Waals surface area contributed by atoms with Gasteiger partial charge in [0.05, 0.1) is 25.2 Å². The molecule has 0 bridgehead atoms. The first-order valence-electron chi connectivity index (χ1n) is 7.41. The van der Waals surface area contributed by atoms with Crippen LogP contribution in [0.25, 0.3) is 0 Å². The first-order valence-corrected chi connectivity index (χ1v) is 7.41. The highest BCUT2D eigenvalue weighted by Gasteiger charge is 2.22. The Kier molecular flexibility index (Phi) is 5.15. The van der Waals surface area contributed by atoms with Crippen LogP contribution in [-0.4, -0.2) is 48.6 Å². The van der Waals surface area contributed by atoms with Crippen molar-refractivity contribution >= 4 is 17.5 Å². The number of nitrogens with two attached hydrogens (primary N) is 1. The number of nitrogens with zero attached hydrogens (tertiary/aromatic N) is 1. The van der Waals surface area contributed by atoms with Crippen LogP contribution in [0.5, 0.6) is 0 Å². The van der Waals surface area contributed by atoms with E-state index < -0.39 is 5.54 Å². The van der Waals surface area contributed by atoms with Crippen molar-refractivity contribution in [3.05, 3.63) is 29.8 Å². The molecule has 0 atom stereocenters. The van der Waals surface area contributed by atoms with E-state index in [-0.39, 0.29) is 11.8 Å². The van der Waals surface area contributed by atoms with Gasteiger partial charge in [0.1, 0.15) is 0 Å². The lowest BCUT2D eigenvalue weighted by Gasteiger charge is -2.26. The molecule has 22 heavy (non-hydrogen) atoms. The second kappa shape index (κ2) is 6.89. The third-order valence-electron chi connectivity index (χ3n) is 3.52. The first kappa shape index (κ1) is 16.5. The number of rotatable bonds is 4. The van der Waals surface area contributed by atoms with E-state index in [1.165, 1.54) is 0 Å². The summed E-state index contributed by atoms with van der Waals surface area (Å²) in [6.45, 7) is 5.81. The summed E-state index contributed by atoms with van der Waals surface area (Å²) in [6, 6.07) is 7.26. The maximum absolute atomic E-state index is 12.1. The van der Waals surface area contributed by atoms with E-state index in [0.29, 0.717) is 38.4 Å². The summed E-state index contributed by atoms with van der Waals surface area (Å²) < 4.78 is 5.24. The topological polar surface area (TPSA) is 84.7 Å². The van der Waals surface area contributed by atoms with Crippen LogP contribution in [0.4, 0.5) is 5.69 Å². The zero-order chi connectivity index (χ0) is 16.2. The van der Waals surface area contributed by atoms with E-state index >= 15 is 0 Å². The van der Waals surface area contributed by atoms with Crippen molar-refractivity contribution in [2.45, 2.75) is 25.8 Å². The summed E-state index contributed by atoms with van der Waals surface area (Å²) in [6.07, 6.45) is 0.358. The van der Waals surface area contributed by atoms with Gasteiger partial charge in [-0.2, -0.15) is 0 Å². The molecule has 1 fully saturated rings. The molecule has 1 aromatic carbocycles. The van der Waals surface area contributed by atoms with Gasteiger partial charge in [0.2, 0.25) is 11.8 Å². The second-order valence-corrected chi connectivity index (χ2v) is 6.04. The summed E-state index contributed by atoms with van der Waals surface area (Å²) in [7, 11) is 0. The molecule has 2 rings (SSSR count). The maximum Gasteiger partial charge on any atom is 0.243 e. The predicted octanol–water partition coefficient (Wildman–Crippen LogP) is 0.764. The molecule has 1 aliphatic heterocycles. The van der Waals surface area contributed by atoms with E-state index in [4.69, 9.17) is 10.5 Å². The second-order valence-electron chi connectivity index (χ2n) is 6.04. The molecule has 120 valence electrons. The summed E-state index contributed by atoms with van der Waals surface area (Å²) in [5, 5.41) is 2.75. The van der Waals surface area contributed by atoms with Gasteiger partial charge in [0, 0.05) is 18.8 Å². The molecule has 1 aromatic rings. The maximum atomic E-state index is 12.1. The highest BCUT2D eigenvalue weighted by molar-refractivity contribution is 5.97. The fraction of sp³-hybridized carbons (Fsp3) is 0.500. The molecule has 0 unspecified atom stereocenters. The zero-order valence-electron chi connectivity index (χ0n) is 13.1. The van der Waals surface area contributed by atoms with Crippen LogP contribution in [0.2, 0.25) is 0 Å². The number of hydrogen-bond donors (Lipinski definition) is 2. The Labute approximate surface area is 130 Å². The third kappa shape index (κ3) is 4.54. The lowest BCUT2D eigenvalue weighted by Crippen LogP contribution is -2.45. The third-order valence-corrected chi connectivity index (χ3v) is 3.52. The number of morpholine rings is 1. The Morgan fingerprint density at radius 3 is 2.36 bits per heavy atom. The van der Waals surface area contributed by atoms with Gasteiger partial charge in [-0.15, -0.1) is 0 Å². The monoisotopic (exact) mass is 305 g/mol. The minimum absolute atomic E-state index is 0.100. The van der Waals surface area contributed by atoms with Crippen molar-refractivity contribution < 1.29 is 14.3 Å². The molecule has 1 aliphatic rings. The Hall–Kier alpha value is -1.92. The Balaban J connectivity index is 1.91.